The number of nitrogens with zero attached hydrogens (tertiary/aromatic N) is 1. The Balaban J connectivity index is 2.27. The van der Waals surface area contributed by atoms with E-state index in [1.54, 1.807) is 32.4 Å². The average Bonchev–Trinajstić information content (AvgIpc) is 2.28. The summed E-state index contributed by atoms with van der Waals surface area (Å²) in [5, 5.41) is 9.41. The lowest BCUT2D eigenvalue weighted by Crippen LogP contribution is -2.64. The van der Waals surface area contributed by atoms with Crippen molar-refractivity contribution in [2.24, 2.45) is 0 Å². The molecule has 0 aromatic heterocycles. The lowest BCUT2D eigenvalue weighted by atomic mass is 10.0. The molecule has 1 aromatic rings. The predicted molar refractivity (Wildman–Crippen MR) is 67.4 cm³/mol. The van der Waals surface area contributed by atoms with E-state index in [2.05, 4.69) is 0 Å². The lowest BCUT2D eigenvalue weighted by molar-refractivity contribution is -0.219. The Morgan fingerprint density at radius 1 is 1.39 bits per heavy atom. The Labute approximate surface area is 110 Å². The Bertz CT molecular complexity index is 465. The standard InChI is InChI=1S/C12H14ClNO4/c1-17-12(18-2)6-14(7-12)9-5-3-4-8(13)10(9)11(15)16/h3-5H,6-7H2,1-2H3,(H,15,16). The fourth-order valence-corrected chi connectivity index (χ4v) is 2.29. The Morgan fingerprint density at radius 2 is 2.00 bits per heavy atom. The second kappa shape index (κ2) is 4.76. The van der Waals surface area contributed by atoms with Gasteiger partial charge < -0.3 is 19.5 Å². The van der Waals surface area contributed by atoms with Gasteiger partial charge in [-0.3, -0.25) is 0 Å². The smallest absolute Gasteiger partial charge is 0.339 e. The van der Waals surface area contributed by atoms with E-state index < -0.39 is 11.8 Å². The maximum atomic E-state index is 11.2. The third-order valence-corrected chi connectivity index (χ3v) is 3.47. The molecule has 0 aliphatic carbocycles. The van der Waals surface area contributed by atoms with Crippen LogP contribution in [-0.4, -0.2) is 44.2 Å². The number of rotatable bonds is 4. The number of ether oxygens (including phenoxy) is 2. The first kappa shape index (κ1) is 13.1. The molecule has 1 fully saturated rings. The van der Waals surface area contributed by atoms with E-state index in [9.17, 15) is 9.90 Å². The van der Waals surface area contributed by atoms with Crippen LogP contribution in [0.3, 0.4) is 0 Å². The maximum absolute atomic E-state index is 11.2. The Kier molecular flexibility index (Phi) is 3.47. The summed E-state index contributed by atoms with van der Waals surface area (Å²) < 4.78 is 10.5. The number of hydrogen-bond acceptors (Lipinski definition) is 4. The molecule has 1 heterocycles. The normalized spacial score (nSPS) is 17.4. The largest absolute Gasteiger partial charge is 0.478 e. The first-order valence-electron chi connectivity index (χ1n) is 5.40. The van der Waals surface area contributed by atoms with E-state index in [1.165, 1.54) is 0 Å². The van der Waals surface area contributed by atoms with Gasteiger partial charge in [-0.25, -0.2) is 4.79 Å². The van der Waals surface area contributed by atoms with Gasteiger partial charge in [-0.05, 0) is 12.1 Å². The molecule has 6 heteroatoms. The highest BCUT2D eigenvalue weighted by Crippen LogP contribution is 2.35. The summed E-state index contributed by atoms with van der Waals surface area (Å²) >= 11 is 5.92. The molecule has 0 atom stereocenters. The molecule has 5 nitrogen and oxygen atoms in total. The van der Waals surface area contributed by atoms with E-state index in [4.69, 9.17) is 21.1 Å². The van der Waals surface area contributed by atoms with Crippen molar-refractivity contribution in [3.63, 3.8) is 0 Å². The van der Waals surface area contributed by atoms with Crippen molar-refractivity contribution in [3.8, 4) is 0 Å². The van der Waals surface area contributed by atoms with Gasteiger partial charge in [0.1, 0.15) is 5.56 Å². The monoisotopic (exact) mass is 271 g/mol. The van der Waals surface area contributed by atoms with Crippen LogP contribution in [0.1, 0.15) is 10.4 Å². The summed E-state index contributed by atoms with van der Waals surface area (Å²) in [6.07, 6.45) is 0. The van der Waals surface area contributed by atoms with Gasteiger partial charge in [0, 0.05) is 14.2 Å². The summed E-state index contributed by atoms with van der Waals surface area (Å²) in [6, 6.07) is 5.02. The topological polar surface area (TPSA) is 59.0 Å². The zero-order valence-electron chi connectivity index (χ0n) is 10.1. The molecule has 0 unspecified atom stereocenters. The molecule has 1 aliphatic heterocycles. The van der Waals surface area contributed by atoms with Crippen molar-refractivity contribution >= 4 is 23.3 Å². The van der Waals surface area contributed by atoms with Crippen molar-refractivity contribution in [1.82, 2.24) is 0 Å². The predicted octanol–water partition coefficient (Wildman–Crippen LogP) is 1.85. The van der Waals surface area contributed by atoms with E-state index in [0.717, 1.165) is 0 Å². The molecule has 0 radical (unpaired) electrons. The van der Waals surface area contributed by atoms with Crippen LogP contribution in [-0.2, 0) is 9.47 Å². The lowest BCUT2D eigenvalue weighted by Gasteiger charge is -2.49. The number of hydrogen-bond donors (Lipinski definition) is 1. The highest BCUT2D eigenvalue weighted by Gasteiger charge is 2.45. The number of aromatic carboxylic acids is 1. The van der Waals surface area contributed by atoms with Gasteiger partial charge in [-0.1, -0.05) is 17.7 Å². The summed E-state index contributed by atoms with van der Waals surface area (Å²) in [4.78, 5) is 13.1. The SMILES string of the molecule is COC1(OC)CN(c2cccc(Cl)c2C(=O)O)C1. The molecule has 1 N–H and O–H groups in total. The zero-order valence-corrected chi connectivity index (χ0v) is 10.9. The second-order valence-electron chi connectivity index (χ2n) is 4.11. The molecule has 0 bridgehead atoms. The Hall–Kier alpha value is -1.30. The van der Waals surface area contributed by atoms with E-state index in [1.807, 2.05) is 4.90 Å². The molecule has 1 aliphatic rings. The van der Waals surface area contributed by atoms with Gasteiger partial charge in [0.2, 0.25) is 5.79 Å². The molecule has 2 rings (SSSR count). The molecular formula is C12H14ClNO4. The number of carboxylic acids is 1. The van der Waals surface area contributed by atoms with Crippen molar-refractivity contribution in [1.29, 1.82) is 0 Å². The molecule has 0 spiro atoms. The number of carboxylic acid groups (broad SMARTS) is 1. The average molecular weight is 272 g/mol. The fraction of sp³-hybridized carbons (Fsp3) is 0.417. The van der Waals surface area contributed by atoms with Crippen LogP contribution in [0.2, 0.25) is 5.02 Å². The Morgan fingerprint density at radius 3 is 2.50 bits per heavy atom. The van der Waals surface area contributed by atoms with Gasteiger partial charge in [0.25, 0.3) is 0 Å². The number of benzene rings is 1. The minimum absolute atomic E-state index is 0.111. The van der Waals surface area contributed by atoms with Gasteiger partial charge >= 0.3 is 5.97 Å². The highest BCUT2D eigenvalue weighted by atomic mass is 35.5. The molecule has 1 aromatic carbocycles. The van der Waals surface area contributed by atoms with Gasteiger partial charge in [0.15, 0.2) is 0 Å². The fourth-order valence-electron chi connectivity index (χ4n) is 2.04. The van der Waals surface area contributed by atoms with Crippen LogP contribution >= 0.6 is 11.6 Å². The zero-order chi connectivity index (χ0) is 13.3. The van der Waals surface area contributed by atoms with Crippen LogP contribution in [0.25, 0.3) is 0 Å². The second-order valence-corrected chi connectivity index (χ2v) is 4.52. The third kappa shape index (κ3) is 2.05. The van der Waals surface area contributed by atoms with Crippen LogP contribution in [0, 0.1) is 0 Å². The number of halogens is 1. The first-order valence-corrected chi connectivity index (χ1v) is 5.78. The number of carbonyl (C=O) groups is 1. The van der Waals surface area contributed by atoms with E-state index in [-0.39, 0.29) is 10.6 Å². The van der Waals surface area contributed by atoms with Crippen molar-refractivity contribution in [2.75, 3.05) is 32.2 Å². The minimum Gasteiger partial charge on any atom is -0.478 e. The van der Waals surface area contributed by atoms with Crippen LogP contribution in [0.15, 0.2) is 18.2 Å². The van der Waals surface area contributed by atoms with Gasteiger partial charge in [-0.2, -0.15) is 0 Å². The molecule has 1 saturated heterocycles. The third-order valence-electron chi connectivity index (χ3n) is 3.15. The summed E-state index contributed by atoms with van der Waals surface area (Å²) in [5.74, 6) is -1.69. The molecule has 98 valence electrons. The van der Waals surface area contributed by atoms with Gasteiger partial charge in [0.05, 0.1) is 23.8 Å². The summed E-state index contributed by atoms with van der Waals surface area (Å²) in [5.41, 5.74) is 0.694. The number of anilines is 1. The van der Waals surface area contributed by atoms with Crippen LogP contribution in [0.4, 0.5) is 5.69 Å². The maximum Gasteiger partial charge on any atom is 0.339 e. The van der Waals surface area contributed by atoms with E-state index >= 15 is 0 Å². The summed E-state index contributed by atoms with van der Waals surface area (Å²) in [7, 11) is 3.13. The highest BCUT2D eigenvalue weighted by molar-refractivity contribution is 6.34. The molecule has 18 heavy (non-hydrogen) atoms. The van der Waals surface area contributed by atoms with Crippen LogP contribution in [0.5, 0.6) is 0 Å². The first-order chi connectivity index (χ1) is 8.53. The molecular weight excluding hydrogens is 258 g/mol. The number of methoxy groups -OCH3 is 2. The van der Waals surface area contributed by atoms with Crippen LogP contribution < -0.4 is 4.90 Å². The minimum atomic E-state index is -1.04. The van der Waals surface area contributed by atoms with Crippen molar-refractivity contribution < 1.29 is 19.4 Å². The van der Waals surface area contributed by atoms with Crippen molar-refractivity contribution in [2.45, 2.75) is 5.79 Å². The summed E-state index contributed by atoms with van der Waals surface area (Å²) in [6.45, 7) is 0.946. The quantitative estimate of drug-likeness (QED) is 0.847. The molecule has 0 amide bonds. The van der Waals surface area contributed by atoms with Crippen molar-refractivity contribution in [3.05, 3.63) is 28.8 Å². The van der Waals surface area contributed by atoms with E-state index in [0.29, 0.717) is 18.8 Å². The molecule has 0 saturated carbocycles. The van der Waals surface area contributed by atoms with Gasteiger partial charge in [-0.15, -0.1) is 0 Å².